The fourth-order valence-corrected chi connectivity index (χ4v) is 12.4. The van der Waals surface area contributed by atoms with Crippen molar-refractivity contribution in [2.75, 3.05) is 0 Å². The van der Waals surface area contributed by atoms with E-state index < -0.39 is 0 Å². The van der Waals surface area contributed by atoms with Crippen LogP contribution in [0, 0.1) is 0 Å². The molecule has 1 aliphatic heterocycles. The van der Waals surface area contributed by atoms with Crippen molar-refractivity contribution < 1.29 is 9.13 Å². The molecule has 1 aliphatic carbocycles. The van der Waals surface area contributed by atoms with Gasteiger partial charge in [0.25, 0.3) is 11.6 Å². The summed E-state index contributed by atoms with van der Waals surface area (Å²) >= 11 is 1.94. The van der Waals surface area contributed by atoms with Gasteiger partial charge in [0.2, 0.25) is 0 Å². The van der Waals surface area contributed by atoms with Crippen LogP contribution in [0.25, 0.3) is 65.4 Å². The number of aryl methyl sites for hydroxylation is 1. The Bertz CT molecular complexity index is 3270. The van der Waals surface area contributed by atoms with E-state index in [0.717, 1.165) is 13.0 Å². The summed E-state index contributed by atoms with van der Waals surface area (Å²) in [6.45, 7) is 24.3. The van der Waals surface area contributed by atoms with Crippen molar-refractivity contribution in [3.05, 3.63) is 178 Å². The van der Waals surface area contributed by atoms with Gasteiger partial charge in [-0.3, -0.25) is 0 Å². The molecule has 0 bridgehead atoms. The third kappa shape index (κ3) is 7.09. The quantitative estimate of drug-likeness (QED) is 0.135. The molecule has 2 aliphatic rings. The number of fused-ring (bicyclic) bond motifs is 9. The van der Waals surface area contributed by atoms with E-state index in [1.807, 2.05) is 11.3 Å². The van der Waals surface area contributed by atoms with E-state index in [4.69, 9.17) is 0 Å². The number of thiophene rings is 1. The lowest BCUT2D eigenvalue weighted by molar-refractivity contribution is -0.671. The van der Waals surface area contributed by atoms with Gasteiger partial charge in [-0.15, -0.1) is 11.3 Å². The third-order valence-electron chi connectivity index (χ3n) is 14.1. The van der Waals surface area contributed by atoms with E-state index in [-0.39, 0.29) is 0 Å². The molecule has 328 valence electrons. The predicted molar refractivity (Wildman–Crippen MR) is 274 cm³/mol. The number of imidazole rings is 2. The summed E-state index contributed by atoms with van der Waals surface area (Å²) in [7, 11) is 2.17. The maximum atomic E-state index is 2.49. The molecular formula is C60H64N4S+2. The highest BCUT2D eigenvalue weighted by molar-refractivity contribution is 7.26. The zero-order valence-corrected chi connectivity index (χ0v) is 41.0. The third-order valence-corrected chi connectivity index (χ3v) is 15.3. The van der Waals surface area contributed by atoms with Crippen molar-refractivity contribution in [2.24, 2.45) is 7.05 Å². The van der Waals surface area contributed by atoms with Crippen molar-refractivity contribution in [3.8, 4) is 45.3 Å². The van der Waals surface area contributed by atoms with Crippen LogP contribution >= 0.6 is 11.3 Å². The molecule has 0 amide bonds. The summed E-state index contributed by atoms with van der Waals surface area (Å²) in [5.41, 5.74) is 19.9. The first-order valence-electron chi connectivity index (χ1n) is 24.0. The normalized spacial score (nSPS) is 12.8. The molecule has 0 saturated carbocycles. The molecule has 9 aromatic rings. The molecule has 11 rings (SSSR count). The number of hydrogen-bond acceptors (Lipinski definition) is 1. The average Bonchev–Trinajstić information content (AvgIpc) is 4.12. The van der Waals surface area contributed by atoms with E-state index in [1.54, 1.807) is 0 Å². The summed E-state index contributed by atoms with van der Waals surface area (Å²) in [5, 5.41) is 2.78. The van der Waals surface area contributed by atoms with Crippen LogP contribution in [0.2, 0.25) is 0 Å². The molecule has 4 nitrogen and oxygen atoms in total. The summed E-state index contributed by atoms with van der Waals surface area (Å²) in [6.07, 6.45) is 10.0. The van der Waals surface area contributed by atoms with Crippen LogP contribution in [0.4, 0.5) is 0 Å². The molecule has 0 atom stereocenters. The van der Waals surface area contributed by atoms with Crippen LogP contribution in [0.1, 0.15) is 143 Å². The summed E-state index contributed by atoms with van der Waals surface area (Å²) in [5.74, 6) is 4.74. The first-order valence-corrected chi connectivity index (χ1v) is 24.8. The first kappa shape index (κ1) is 42.9. The Morgan fingerprint density at radius 3 is 1.77 bits per heavy atom. The van der Waals surface area contributed by atoms with Gasteiger partial charge >= 0.3 is 0 Å². The van der Waals surface area contributed by atoms with Gasteiger partial charge in [-0.25, -0.2) is 9.13 Å². The van der Waals surface area contributed by atoms with Gasteiger partial charge in [-0.05, 0) is 94.2 Å². The second-order valence-corrected chi connectivity index (χ2v) is 21.1. The van der Waals surface area contributed by atoms with E-state index >= 15 is 0 Å². The largest absolute Gasteiger partial charge is 0.294 e. The van der Waals surface area contributed by atoms with Gasteiger partial charge in [-0.2, -0.15) is 9.13 Å². The predicted octanol–water partition coefficient (Wildman–Crippen LogP) is 15.3. The Balaban J connectivity index is 0.000000154. The lowest BCUT2D eigenvalue weighted by Crippen LogP contribution is -2.30. The van der Waals surface area contributed by atoms with Crippen molar-refractivity contribution >= 4 is 31.5 Å². The maximum Gasteiger partial charge on any atom is 0.294 e. The van der Waals surface area contributed by atoms with Crippen LogP contribution in [0.15, 0.2) is 134 Å². The highest BCUT2D eigenvalue weighted by Gasteiger charge is 2.36. The molecule has 65 heavy (non-hydrogen) atoms. The van der Waals surface area contributed by atoms with Gasteiger partial charge < -0.3 is 0 Å². The van der Waals surface area contributed by atoms with Crippen molar-refractivity contribution in [2.45, 2.75) is 112 Å². The number of nitrogens with zero attached hydrogens (tertiary/aromatic N) is 4. The zero-order valence-electron chi connectivity index (χ0n) is 40.2. The van der Waals surface area contributed by atoms with Crippen molar-refractivity contribution in [1.29, 1.82) is 0 Å². The maximum absolute atomic E-state index is 2.49. The van der Waals surface area contributed by atoms with Crippen molar-refractivity contribution in [3.63, 3.8) is 0 Å². The zero-order chi connectivity index (χ0) is 45.4. The number of rotatable bonds is 8. The van der Waals surface area contributed by atoms with Gasteiger partial charge in [0.15, 0.2) is 0 Å². The number of hydrogen-bond donors (Lipinski definition) is 0. The van der Waals surface area contributed by atoms with Crippen LogP contribution in [-0.4, -0.2) is 9.13 Å². The lowest BCUT2D eigenvalue weighted by Gasteiger charge is -2.22. The summed E-state index contributed by atoms with van der Waals surface area (Å²) in [4.78, 5) is 0. The Morgan fingerprint density at radius 2 is 1.06 bits per heavy atom. The molecule has 4 heterocycles. The van der Waals surface area contributed by atoms with Crippen LogP contribution in [0.5, 0.6) is 0 Å². The SMILES string of the molecule is CC(C)c1cc2c(c(C(C)C)c1-n1cc[n+]3c1-c1ccccc1C3)Cc1ccccc1-2.CC(C)c1ccccc1-c1n(-c2c(C(C)C)cc3c(sc4ccccc43)c2C(C)C)cc[n+]1C. The second kappa shape index (κ2) is 16.7. The standard InChI is InChI=1S/C31H35N2S.C29H29N2/c1-19(2)22-12-8-9-14-24(22)31-32(7)16-17-33(31)29-25(20(3)4)18-26-23-13-10-11-15-27(23)34-30(26)28(29)21(5)6;1-18(2)24-16-25-22-11-7-5-9-20(22)15-26(25)27(19(3)4)28(24)31-14-13-30-17-21-10-6-8-12-23(21)29(30)31/h8-21H,1-7H3;5-14,16,18-19H,15,17H2,1-4H3/q2*+1. The van der Waals surface area contributed by atoms with Crippen molar-refractivity contribution in [1.82, 2.24) is 9.13 Å². The molecular weight excluding hydrogens is 809 g/mol. The number of benzene rings is 6. The molecule has 0 radical (unpaired) electrons. The fraction of sp³-hybridized carbons (Fsp3) is 0.300. The van der Waals surface area contributed by atoms with Crippen LogP contribution in [-0.2, 0) is 20.0 Å². The summed E-state index contributed by atoms with van der Waals surface area (Å²) < 4.78 is 12.4. The highest BCUT2D eigenvalue weighted by atomic mass is 32.1. The summed E-state index contributed by atoms with van der Waals surface area (Å²) in [6, 6.07) is 40.5. The topological polar surface area (TPSA) is 17.6 Å². The van der Waals surface area contributed by atoms with Crippen LogP contribution < -0.4 is 9.13 Å². The Hall–Kier alpha value is -6.04. The minimum atomic E-state index is 0.408. The molecule has 0 N–H and O–H groups in total. The number of aromatic nitrogens is 4. The Kier molecular flexibility index (Phi) is 11.1. The lowest BCUT2D eigenvalue weighted by atomic mass is 9.85. The smallest absolute Gasteiger partial charge is 0.232 e. The van der Waals surface area contributed by atoms with E-state index in [9.17, 15) is 0 Å². The Labute approximate surface area is 390 Å². The molecule has 3 aromatic heterocycles. The Morgan fingerprint density at radius 1 is 0.492 bits per heavy atom. The molecule has 6 aromatic carbocycles. The van der Waals surface area contributed by atoms with Crippen LogP contribution in [0.3, 0.4) is 0 Å². The van der Waals surface area contributed by atoms with E-state index in [1.165, 1.54) is 110 Å². The van der Waals surface area contributed by atoms with E-state index in [2.05, 4.69) is 229 Å². The second-order valence-electron chi connectivity index (χ2n) is 20.0. The molecule has 0 spiro atoms. The van der Waals surface area contributed by atoms with Gasteiger partial charge in [0.1, 0.15) is 42.7 Å². The molecule has 0 unspecified atom stereocenters. The minimum Gasteiger partial charge on any atom is -0.232 e. The molecule has 0 fully saturated rings. The highest BCUT2D eigenvalue weighted by Crippen LogP contribution is 2.48. The van der Waals surface area contributed by atoms with Gasteiger partial charge in [0.05, 0.1) is 18.2 Å². The molecule has 5 heteroatoms. The van der Waals surface area contributed by atoms with E-state index in [0.29, 0.717) is 29.6 Å². The van der Waals surface area contributed by atoms with Gasteiger partial charge in [0, 0.05) is 48.0 Å². The van der Waals surface area contributed by atoms with Gasteiger partial charge in [-0.1, -0.05) is 148 Å². The first-order chi connectivity index (χ1) is 31.3. The monoisotopic (exact) mass is 872 g/mol. The fourth-order valence-electron chi connectivity index (χ4n) is 11.0. The molecule has 0 saturated heterocycles. The minimum absolute atomic E-state index is 0.408. The average molecular weight is 873 g/mol.